The van der Waals surface area contributed by atoms with E-state index in [0.29, 0.717) is 11.3 Å². The zero-order chi connectivity index (χ0) is 13.6. The first-order valence-electron chi connectivity index (χ1n) is 6.03. The van der Waals surface area contributed by atoms with Gasteiger partial charge in [0.1, 0.15) is 0 Å². The molecule has 0 atom stereocenters. The van der Waals surface area contributed by atoms with E-state index in [1.165, 1.54) is 6.20 Å². The minimum atomic E-state index is -0.408. The molecule has 2 rings (SSSR count). The Balaban J connectivity index is 2.26. The normalized spacial score (nSPS) is 27.8. The van der Waals surface area contributed by atoms with E-state index in [4.69, 9.17) is 20.5 Å². The van der Waals surface area contributed by atoms with Crippen LogP contribution in [0.2, 0.25) is 0 Å². The van der Waals surface area contributed by atoms with Crippen molar-refractivity contribution >= 4 is 12.8 Å². The van der Waals surface area contributed by atoms with Crippen molar-refractivity contribution in [1.29, 1.82) is 5.41 Å². The summed E-state index contributed by atoms with van der Waals surface area (Å²) >= 11 is 0. The van der Waals surface area contributed by atoms with E-state index in [0.717, 1.165) is 5.47 Å². The van der Waals surface area contributed by atoms with Gasteiger partial charge in [-0.15, -0.1) is 0 Å². The molecule has 1 fully saturated rings. The molecule has 96 valence electrons. The van der Waals surface area contributed by atoms with Crippen molar-refractivity contribution in [1.82, 2.24) is 0 Å². The standard InChI is InChI=1S/C13H19BN2O2/c1-12(2)13(3,4)18-14(17-12)10-5-6-11(16)9(7-10)8-15/h5-8,16H,15H2,1-4H3/b9-8-,16-11?. The molecule has 0 saturated carbocycles. The molecule has 0 spiro atoms. The third-order valence-electron chi connectivity index (χ3n) is 3.78. The van der Waals surface area contributed by atoms with Gasteiger partial charge < -0.3 is 20.5 Å². The Morgan fingerprint density at radius 2 is 1.72 bits per heavy atom. The van der Waals surface area contributed by atoms with Crippen molar-refractivity contribution in [3.63, 3.8) is 0 Å². The van der Waals surface area contributed by atoms with Crippen LogP contribution in [0.4, 0.5) is 0 Å². The summed E-state index contributed by atoms with van der Waals surface area (Å²) < 4.78 is 11.9. The number of rotatable bonds is 1. The van der Waals surface area contributed by atoms with Crippen LogP contribution in [0.3, 0.4) is 0 Å². The van der Waals surface area contributed by atoms with Crippen molar-refractivity contribution in [2.45, 2.75) is 38.9 Å². The first kappa shape index (κ1) is 13.1. The first-order chi connectivity index (χ1) is 8.27. The number of allylic oxidation sites excluding steroid dienone is 5. The smallest absolute Gasteiger partial charge is 0.404 e. The summed E-state index contributed by atoms with van der Waals surface area (Å²) in [5.41, 5.74) is 6.76. The van der Waals surface area contributed by atoms with Crippen LogP contribution in [-0.2, 0) is 9.31 Å². The first-order valence-corrected chi connectivity index (χ1v) is 6.03. The Bertz CT molecular complexity index is 459. The van der Waals surface area contributed by atoms with Gasteiger partial charge in [-0.2, -0.15) is 0 Å². The van der Waals surface area contributed by atoms with Crippen molar-refractivity contribution in [2.24, 2.45) is 5.73 Å². The maximum Gasteiger partial charge on any atom is 0.494 e. The lowest BCUT2D eigenvalue weighted by Crippen LogP contribution is -2.41. The van der Waals surface area contributed by atoms with Crippen molar-refractivity contribution < 1.29 is 9.31 Å². The second kappa shape index (κ2) is 4.11. The summed E-state index contributed by atoms with van der Waals surface area (Å²) in [6, 6.07) is 0. The molecule has 3 N–H and O–H groups in total. The molecule has 5 heteroatoms. The Morgan fingerprint density at radius 3 is 2.22 bits per heavy atom. The fraction of sp³-hybridized carbons (Fsp3) is 0.462. The van der Waals surface area contributed by atoms with Crippen LogP contribution < -0.4 is 5.73 Å². The van der Waals surface area contributed by atoms with Gasteiger partial charge in [-0.05, 0) is 39.2 Å². The van der Waals surface area contributed by atoms with E-state index in [1.807, 2.05) is 39.8 Å². The molecule has 1 saturated heterocycles. The Kier molecular flexibility index (Phi) is 2.99. The van der Waals surface area contributed by atoms with Crippen LogP contribution >= 0.6 is 0 Å². The summed E-state index contributed by atoms with van der Waals surface area (Å²) in [6.07, 6.45) is 6.82. The average Bonchev–Trinajstić information content (AvgIpc) is 2.49. The van der Waals surface area contributed by atoms with Gasteiger partial charge in [-0.25, -0.2) is 0 Å². The fourth-order valence-corrected chi connectivity index (χ4v) is 1.84. The minimum absolute atomic E-state index is 0.357. The van der Waals surface area contributed by atoms with Crippen LogP contribution in [-0.4, -0.2) is 24.0 Å². The van der Waals surface area contributed by atoms with E-state index >= 15 is 0 Å². The molecule has 1 aliphatic heterocycles. The number of hydrogen-bond donors (Lipinski definition) is 2. The second-order valence-corrected chi connectivity index (χ2v) is 5.60. The minimum Gasteiger partial charge on any atom is -0.404 e. The molecule has 0 radical (unpaired) electrons. The maximum absolute atomic E-state index is 7.70. The molecule has 1 aliphatic carbocycles. The molecular weight excluding hydrogens is 227 g/mol. The summed E-state index contributed by atoms with van der Waals surface area (Å²) in [4.78, 5) is 0. The molecule has 0 aromatic heterocycles. The zero-order valence-corrected chi connectivity index (χ0v) is 11.3. The molecule has 0 unspecified atom stereocenters. The second-order valence-electron chi connectivity index (χ2n) is 5.60. The third-order valence-corrected chi connectivity index (χ3v) is 3.78. The average molecular weight is 246 g/mol. The van der Waals surface area contributed by atoms with Crippen LogP contribution in [0.5, 0.6) is 0 Å². The van der Waals surface area contributed by atoms with Crippen molar-refractivity contribution in [2.75, 3.05) is 0 Å². The molecular formula is C13H19BN2O2. The monoisotopic (exact) mass is 246 g/mol. The highest BCUT2D eigenvalue weighted by Crippen LogP contribution is 2.39. The van der Waals surface area contributed by atoms with Gasteiger partial charge >= 0.3 is 7.12 Å². The van der Waals surface area contributed by atoms with E-state index in [2.05, 4.69) is 0 Å². The summed E-state index contributed by atoms with van der Waals surface area (Å²) in [7, 11) is -0.408. The molecule has 0 amide bonds. The maximum atomic E-state index is 7.70. The highest BCUT2D eigenvalue weighted by Gasteiger charge is 2.52. The van der Waals surface area contributed by atoms with E-state index < -0.39 is 7.12 Å². The highest BCUT2D eigenvalue weighted by atomic mass is 16.7. The summed E-state index contributed by atoms with van der Waals surface area (Å²) in [5.74, 6) is 0. The molecule has 2 aliphatic rings. The largest absolute Gasteiger partial charge is 0.494 e. The van der Waals surface area contributed by atoms with Crippen LogP contribution in [0.1, 0.15) is 27.7 Å². The van der Waals surface area contributed by atoms with E-state index in [9.17, 15) is 0 Å². The molecule has 18 heavy (non-hydrogen) atoms. The zero-order valence-electron chi connectivity index (χ0n) is 11.3. The number of nitrogens with one attached hydrogen (secondary N) is 1. The molecule has 4 nitrogen and oxygen atoms in total. The number of nitrogens with two attached hydrogens (primary N) is 1. The van der Waals surface area contributed by atoms with E-state index in [-0.39, 0.29) is 11.2 Å². The number of hydrogen-bond acceptors (Lipinski definition) is 4. The SMILES string of the molecule is CC1(C)OB(C2=C/C(=C/N)C(=N)C=C2)OC1(C)C. The van der Waals surface area contributed by atoms with Crippen LogP contribution in [0.25, 0.3) is 0 Å². The van der Waals surface area contributed by atoms with E-state index in [1.54, 1.807) is 6.08 Å². The predicted molar refractivity (Wildman–Crippen MR) is 73.3 cm³/mol. The molecule has 0 aromatic rings. The fourth-order valence-electron chi connectivity index (χ4n) is 1.84. The Hall–Kier alpha value is -1.33. The predicted octanol–water partition coefficient (Wildman–Crippen LogP) is 1.98. The van der Waals surface area contributed by atoms with Crippen molar-refractivity contribution in [3.8, 4) is 0 Å². The van der Waals surface area contributed by atoms with Gasteiger partial charge in [0.15, 0.2) is 0 Å². The van der Waals surface area contributed by atoms with Crippen molar-refractivity contribution in [3.05, 3.63) is 35.5 Å². The molecule has 1 heterocycles. The van der Waals surface area contributed by atoms with Crippen LogP contribution in [0, 0.1) is 5.41 Å². The van der Waals surface area contributed by atoms with Gasteiger partial charge in [-0.3, -0.25) is 0 Å². The lowest BCUT2D eigenvalue weighted by molar-refractivity contribution is 0.00578. The van der Waals surface area contributed by atoms with Gasteiger partial charge in [-0.1, -0.05) is 12.2 Å². The Morgan fingerprint density at radius 1 is 1.17 bits per heavy atom. The third kappa shape index (κ3) is 2.04. The lowest BCUT2D eigenvalue weighted by atomic mass is 9.74. The quantitative estimate of drug-likeness (QED) is 0.695. The summed E-state index contributed by atoms with van der Waals surface area (Å²) in [5, 5.41) is 7.70. The Labute approximate surface area is 108 Å². The highest BCUT2D eigenvalue weighted by molar-refractivity contribution is 6.56. The van der Waals surface area contributed by atoms with Crippen LogP contribution in [0.15, 0.2) is 35.5 Å². The van der Waals surface area contributed by atoms with Gasteiger partial charge in [0, 0.05) is 11.8 Å². The molecule has 0 bridgehead atoms. The van der Waals surface area contributed by atoms with Gasteiger partial charge in [0.25, 0.3) is 0 Å². The van der Waals surface area contributed by atoms with Gasteiger partial charge in [0.2, 0.25) is 0 Å². The lowest BCUT2D eigenvalue weighted by Gasteiger charge is -2.32. The topological polar surface area (TPSA) is 68.3 Å². The summed E-state index contributed by atoms with van der Waals surface area (Å²) in [6.45, 7) is 8.06. The molecule has 0 aromatic carbocycles. The van der Waals surface area contributed by atoms with Gasteiger partial charge in [0.05, 0.1) is 16.9 Å².